The van der Waals surface area contributed by atoms with Gasteiger partial charge in [-0.25, -0.2) is 8.42 Å². The van der Waals surface area contributed by atoms with Crippen LogP contribution in [0.25, 0.3) is 0 Å². The second-order valence-corrected chi connectivity index (χ2v) is 6.88. The molecule has 0 unspecified atom stereocenters. The second kappa shape index (κ2) is 3.30. The number of hydrogen-bond donors (Lipinski definition) is 1. The molecule has 1 aliphatic carbocycles. The third-order valence-electron chi connectivity index (χ3n) is 2.66. The summed E-state index contributed by atoms with van der Waals surface area (Å²) in [5.74, 6) is 0. The van der Waals surface area contributed by atoms with Gasteiger partial charge in [0.1, 0.15) is 0 Å². The molecule has 0 spiro atoms. The van der Waals surface area contributed by atoms with Gasteiger partial charge in [-0.15, -0.1) is 0 Å². The molecule has 0 aliphatic heterocycles. The summed E-state index contributed by atoms with van der Waals surface area (Å²) in [6.45, 7) is 0. The molecule has 0 atom stereocenters. The van der Waals surface area contributed by atoms with Crippen LogP contribution in [0.15, 0.2) is 27.6 Å². The first-order chi connectivity index (χ1) is 6.84. The molecule has 82 valence electrons. The molecule has 3 nitrogen and oxygen atoms in total. The van der Waals surface area contributed by atoms with E-state index in [0.29, 0.717) is 4.90 Å². The molecule has 2 N–H and O–H groups in total. The van der Waals surface area contributed by atoms with E-state index >= 15 is 0 Å². The van der Waals surface area contributed by atoms with Crippen molar-refractivity contribution in [2.24, 2.45) is 5.73 Å². The molecule has 2 rings (SSSR count). The van der Waals surface area contributed by atoms with Crippen LogP contribution in [0.1, 0.15) is 18.4 Å². The highest BCUT2D eigenvalue weighted by atomic mass is 79.9. The fourth-order valence-electron chi connectivity index (χ4n) is 1.68. The quantitative estimate of drug-likeness (QED) is 0.903. The molecule has 0 aromatic heterocycles. The molecule has 0 amide bonds. The van der Waals surface area contributed by atoms with E-state index < -0.39 is 15.4 Å². The smallest absolute Gasteiger partial charge is 0.175 e. The van der Waals surface area contributed by atoms with Crippen LogP contribution in [0.2, 0.25) is 0 Å². The summed E-state index contributed by atoms with van der Waals surface area (Å²) in [7, 11) is -3.21. The van der Waals surface area contributed by atoms with Gasteiger partial charge >= 0.3 is 0 Å². The van der Waals surface area contributed by atoms with Gasteiger partial charge in [0, 0.05) is 21.8 Å². The SMILES string of the molecule is CS(=O)(=O)c1cccc(Br)c1C1(N)CC1. The Morgan fingerprint density at radius 2 is 2.00 bits per heavy atom. The van der Waals surface area contributed by atoms with Crippen LogP contribution in [-0.4, -0.2) is 14.7 Å². The van der Waals surface area contributed by atoms with Crippen molar-refractivity contribution in [3.63, 3.8) is 0 Å². The average molecular weight is 290 g/mol. The highest BCUT2D eigenvalue weighted by molar-refractivity contribution is 9.10. The van der Waals surface area contributed by atoms with E-state index in [2.05, 4.69) is 15.9 Å². The van der Waals surface area contributed by atoms with Crippen molar-refractivity contribution in [1.29, 1.82) is 0 Å². The van der Waals surface area contributed by atoms with E-state index in [1.54, 1.807) is 12.1 Å². The number of benzene rings is 1. The van der Waals surface area contributed by atoms with Crippen molar-refractivity contribution in [3.8, 4) is 0 Å². The van der Waals surface area contributed by atoms with Gasteiger partial charge in [-0.2, -0.15) is 0 Å². The number of nitrogens with two attached hydrogens (primary N) is 1. The minimum Gasteiger partial charge on any atom is -0.321 e. The molecule has 0 heterocycles. The molecular formula is C10H12BrNO2S. The predicted octanol–water partition coefficient (Wildman–Crippen LogP) is 1.80. The minimum absolute atomic E-state index is 0.344. The molecule has 1 saturated carbocycles. The number of halogens is 1. The lowest BCUT2D eigenvalue weighted by molar-refractivity contribution is 0.596. The van der Waals surface area contributed by atoms with Crippen LogP contribution in [-0.2, 0) is 15.4 Å². The number of hydrogen-bond acceptors (Lipinski definition) is 3. The van der Waals surface area contributed by atoms with Crippen LogP contribution in [0.5, 0.6) is 0 Å². The standard InChI is InChI=1S/C10H12BrNO2S/c1-15(13,14)8-4-2-3-7(11)9(8)10(12)5-6-10/h2-4H,5-6,12H2,1H3. The molecule has 15 heavy (non-hydrogen) atoms. The molecule has 1 aromatic rings. The van der Waals surface area contributed by atoms with E-state index in [1.807, 2.05) is 6.07 Å². The molecule has 1 fully saturated rings. The van der Waals surface area contributed by atoms with Gasteiger partial charge in [-0.3, -0.25) is 0 Å². The third-order valence-corrected chi connectivity index (χ3v) is 4.46. The summed E-state index contributed by atoms with van der Waals surface area (Å²) in [5.41, 5.74) is 6.36. The van der Waals surface area contributed by atoms with Crippen LogP contribution in [0.3, 0.4) is 0 Å². The molecule has 0 saturated heterocycles. The Hall–Kier alpha value is -0.390. The lowest BCUT2D eigenvalue weighted by Gasteiger charge is -2.15. The molecule has 0 bridgehead atoms. The zero-order chi connectivity index (χ0) is 11.3. The lowest BCUT2D eigenvalue weighted by Crippen LogP contribution is -2.22. The summed E-state index contributed by atoms with van der Waals surface area (Å²) in [4.78, 5) is 0.344. The highest BCUT2D eigenvalue weighted by Gasteiger charge is 2.44. The van der Waals surface area contributed by atoms with E-state index in [4.69, 9.17) is 5.73 Å². The van der Waals surface area contributed by atoms with Crippen molar-refractivity contribution in [2.75, 3.05) is 6.26 Å². The monoisotopic (exact) mass is 289 g/mol. The fourth-order valence-corrected chi connectivity index (χ4v) is 3.58. The molecular weight excluding hydrogens is 278 g/mol. The second-order valence-electron chi connectivity index (χ2n) is 4.04. The van der Waals surface area contributed by atoms with E-state index in [1.165, 1.54) is 6.26 Å². The van der Waals surface area contributed by atoms with Crippen molar-refractivity contribution >= 4 is 25.8 Å². The fraction of sp³-hybridized carbons (Fsp3) is 0.400. The average Bonchev–Trinajstić information content (AvgIpc) is 2.82. The van der Waals surface area contributed by atoms with Gasteiger partial charge < -0.3 is 5.73 Å². The first-order valence-electron chi connectivity index (χ1n) is 4.62. The van der Waals surface area contributed by atoms with Gasteiger partial charge in [0.05, 0.1) is 4.90 Å². The van der Waals surface area contributed by atoms with E-state index in [-0.39, 0.29) is 0 Å². The van der Waals surface area contributed by atoms with Crippen molar-refractivity contribution < 1.29 is 8.42 Å². The van der Waals surface area contributed by atoms with Gasteiger partial charge in [0.2, 0.25) is 0 Å². The molecule has 0 radical (unpaired) electrons. The van der Waals surface area contributed by atoms with Crippen LogP contribution < -0.4 is 5.73 Å². The van der Waals surface area contributed by atoms with Crippen LogP contribution >= 0.6 is 15.9 Å². The Morgan fingerprint density at radius 1 is 1.40 bits per heavy atom. The zero-order valence-corrected chi connectivity index (χ0v) is 10.7. The Bertz CT molecular complexity index is 506. The van der Waals surface area contributed by atoms with Gasteiger partial charge in [0.25, 0.3) is 0 Å². The van der Waals surface area contributed by atoms with Crippen molar-refractivity contribution in [2.45, 2.75) is 23.3 Å². The Morgan fingerprint density at radius 3 is 2.47 bits per heavy atom. The first-order valence-corrected chi connectivity index (χ1v) is 7.31. The topological polar surface area (TPSA) is 60.2 Å². The number of sulfone groups is 1. The predicted molar refractivity (Wildman–Crippen MR) is 62.4 cm³/mol. The summed E-state index contributed by atoms with van der Waals surface area (Å²) in [5, 5.41) is 0. The summed E-state index contributed by atoms with van der Waals surface area (Å²) in [6.07, 6.45) is 2.90. The molecule has 5 heteroatoms. The normalized spacial score (nSPS) is 18.9. The van der Waals surface area contributed by atoms with E-state index in [0.717, 1.165) is 22.9 Å². The van der Waals surface area contributed by atoms with Gasteiger partial charge in [0.15, 0.2) is 9.84 Å². The summed E-state index contributed by atoms with van der Waals surface area (Å²) >= 11 is 3.37. The molecule has 1 aliphatic rings. The highest BCUT2D eigenvalue weighted by Crippen LogP contribution is 2.47. The maximum Gasteiger partial charge on any atom is 0.175 e. The first kappa shape index (κ1) is 11.1. The van der Waals surface area contributed by atoms with Gasteiger partial charge in [-0.05, 0) is 25.0 Å². The minimum atomic E-state index is -3.21. The summed E-state index contributed by atoms with van der Waals surface area (Å²) < 4.78 is 24.0. The molecule has 1 aromatic carbocycles. The number of rotatable bonds is 2. The maximum atomic E-state index is 11.6. The van der Waals surface area contributed by atoms with Gasteiger partial charge in [-0.1, -0.05) is 22.0 Å². The Labute approximate surface area is 97.7 Å². The largest absolute Gasteiger partial charge is 0.321 e. The zero-order valence-electron chi connectivity index (χ0n) is 8.33. The Balaban J connectivity index is 2.71. The van der Waals surface area contributed by atoms with E-state index in [9.17, 15) is 8.42 Å². The maximum absolute atomic E-state index is 11.6. The third kappa shape index (κ3) is 1.96. The van der Waals surface area contributed by atoms with Crippen molar-refractivity contribution in [1.82, 2.24) is 0 Å². The lowest BCUT2D eigenvalue weighted by atomic mass is 10.1. The van der Waals surface area contributed by atoms with Crippen molar-refractivity contribution in [3.05, 3.63) is 28.2 Å². The Kier molecular flexibility index (Phi) is 2.44. The van der Waals surface area contributed by atoms with Crippen LogP contribution in [0, 0.1) is 0 Å². The summed E-state index contributed by atoms with van der Waals surface area (Å²) in [6, 6.07) is 5.16. The van der Waals surface area contributed by atoms with Crippen LogP contribution in [0.4, 0.5) is 0 Å².